The summed E-state index contributed by atoms with van der Waals surface area (Å²) in [6, 6.07) is 6.27. The lowest BCUT2D eigenvalue weighted by Crippen LogP contribution is -2.12. The topological polar surface area (TPSA) is 105 Å². The number of thiophene rings is 1. The molecule has 8 heteroatoms. The number of benzene rings is 1. The smallest absolute Gasteiger partial charge is 0.311 e. The Kier molecular flexibility index (Phi) is 5.19. The Morgan fingerprint density at radius 2 is 2.19 bits per heavy atom. The van der Waals surface area contributed by atoms with Gasteiger partial charge in [-0.1, -0.05) is 0 Å². The van der Waals surface area contributed by atoms with Crippen molar-refractivity contribution in [3.05, 3.63) is 49.9 Å². The number of fused-ring (bicyclic) bond motifs is 1. The van der Waals surface area contributed by atoms with E-state index in [1.807, 2.05) is 0 Å². The molecule has 1 aliphatic carbocycles. The molecule has 0 radical (unpaired) electrons. The molecule has 2 aromatic rings. The van der Waals surface area contributed by atoms with Gasteiger partial charge in [0.05, 0.1) is 17.1 Å². The fourth-order valence-corrected chi connectivity index (χ4v) is 4.26. The number of nitro groups is 1. The molecule has 0 bridgehead atoms. The second-order valence-corrected chi connectivity index (χ2v) is 6.96. The summed E-state index contributed by atoms with van der Waals surface area (Å²) in [5.74, 6) is -0.357. The zero-order chi connectivity index (χ0) is 18.7. The summed E-state index contributed by atoms with van der Waals surface area (Å²) in [7, 11) is 0. The third kappa shape index (κ3) is 3.39. The molecule has 0 saturated carbocycles. The number of hydrogen-bond acceptors (Lipinski definition) is 6. The Balaban J connectivity index is 1.89. The van der Waals surface area contributed by atoms with Gasteiger partial charge in [0, 0.05) is 16.5 Å². The highest BCUT2D eigenvalue weighted by atomic mass is 32.1. The van der Waals surface area contributed by atoms with Gasteiger partial charge in [-0.25, -0.2) is 0 Å². The van der Waals surface area contributed by atoms with Crippen LogP contribution in [0.2, 0.25) is 0 Å². The van der Waals surface area contributed by atoms with Gasteiger partial charge < -0.3 is 10.1 Å². The third-order valence-electron chi connectivity index (χ3n) is 4.23. The molecule has 1 aromatic carbocycles. The molecule has 1 aromatic heterocycles. The van der Waals surface area contributed by atoms with Gasteiger partial charge in [0.25, 0.3) is 5.91 Å². The second-order valence-electron chi connectivity index (χ2n) is 5.85. The van der Waals surface area contributed by atoms with Crippen molar-refractivity contribution in [1.29, 1.82) is 5.26 Å². The Labute approximate surface area is 154 Å². The van der Waals surface area contributed by atoms with Gasteiger partial charge in [-0.15, -0.1) is 11.3 Å². The normalized spacial score (nSPS) is 12.8. The molecule has 26 heavy (non-hydrogen) atoms. The van der Waals surface area contributed by atoms with E-state index < -0.39 is 10.8 Å². The minimum Gasteiger partial charge on any atom is -0.487 e. The lowest BCUT2D eigenvalue weighted by molar-refractivity contribution is -0.385. The Hall–Kier alpha value is -2.92. The summed E-state index contributed by atoms with van der Waals surface area (Å²) < 4.78 is 5.23. The number of carbonyl (C=O) groups is 1. The number of rotatable bonds is 5. The average molecular weight is 371 g/mol. The number of aryl methyl sites for hydroxylation is 1. The summed E-state index contributed by atoms with van der Waals surface area (Å²) in [6.45, 7) is 2.02. The maximum atomic E-state index is 12.6. The van der Waals surface area contributed by atoms with Crippen LogP contribution in [0.4, 0.5) is 10.7 Å². The van der Waals surface area contributed by atoms with Crippen LogP contribution in [0.3, 0.4) is 0 Å². The van der Waals surface area contributed by atoms with E-state index in [2.05, 4.69) is 11.4 Å². The number of ether oxygens (including phenoxy) is 1. The first-order chi connectivity index (χ1) is 12.5. The van der Waals surface area contributed by atoms with E-state index in [1.54, 1.807) is 6.92 Å². The van der Waals surface area contributed by atoms with Gasteiger partial charge in [-0.3, -0.25) is 14.9 Å². The molecule has 1 N–H and O–H groups in total. The van der Waals surface area contributed by atoms with Crippen molar-refractivity contribution >= 4 is 27.9 Å². The number of nitrogens with zero attached hydrogens (tertiary/aromatic N) is 2. The lowest BCUT2D eigenvalue weighted by atomic mass is 9.96. The molecule has 0 spiro atoms. The lowest BCUT2D eigenvalue weighted by Gasteiger charge is -2.09. The molecule has 1 aliphatic rings. The average Bonchev–Trinajstić information content (AvgIpc) is 2.98. The molecule has 134 valence electrons. The number of nitrogens with one attached hydrogen (secondary N) is 1. The van der Waals surface area contributed by atoms with E-state index in [-0.39, 0.29) is 17.0 Å². The Morgan fingerprint density at radius 1 is 1.42 bits per heavy atom. The fourth-order valence-electron chi connectivity index (χ4n) is 3.03. The molecule has 1 amide bonds. The van der Waals surface area contributed by atoms with E-state index in [0.717, 1.165) is 36.1 Å². The predicted octanol–water partition coefficient (Wildman–Crippen LogP) is 4.06. The molecular weight excluding hydrogens is 354 g/mol. The fraction of sp³-hybridized carbons (Fsp3) is 0.333. The monoisotopic (exact) mass is 371 g/mol. The van der Waals surface area contributed by atoms with Crippen molar-refractivity contribution in [3.63, 3.8) is 0 Å². The zero-order valence-electron chi connectivity index (χ0n) is 14.2. The molecule has 0 aliphatic heterocycles. The largest absolute Gasteiger partial charge is 0.487 e. The van der Waals surface area contributed by atoms with Crippen LogP contribution in [-0.4, -0.2) is 17.4 Å². The van der Waals surface area contributed by atoms with Crippen LogP contribution < -0.4 is 10.1 Å². The van der Waals surface area contributed by atoms with Crippen molar-refractivity contribution < 1.29 is 14.5 Å². The number of carbonyl (C=O) groups excluding carboxylic acids is 1. The van der Waals surface area contributed by atoms with E-state index >= 15 is 0 Å². The molecule has 0 atom stereocenters. The van der Waals surface area contributed by atoms with Gasteiger partial charge in [-0.05, 0) is 50.3 Å². The summed E-state index contributed by atoms with van der Waals surface area (Å²) in [4.78, 5) is 24.3. The highest BCUT2D eigenvalue weighted by Gasteiger charge is 2.23. The summed E-state index contributed by atoms with van der Waals surface area (Å²) >= 11 is 1.42. The summed E-state index contributed by atoms with van der Waals surface area (Å²) in [5, 5.41) is 23.9. The molecule has 0 saturated heterocycles. The van der Waals surface area contributed by atoms with Crippen molar-refractivity contribution in [1.82, 2.24) is 0 Å². The van der Waals surface area contributed by atoms with Gasteiger partial charge in [0.2, 0.25) is 0 Å². The molecule has 0 fully saturated rings. The number of hydrogen-bond donors (Lipinski definition) is 1. The Bertz CT molecular complexity index is 914. The maximum Gasteiger partial charge on any atom is 0.311 e. The minimum atomic E-state index is -0.577. The molecular formula is C18H17N3O4S. The molecule has 3 rings (SSSR count). The van der Waals surface area contributed by atoms with Crippen molar-refractivity contribution in [2.24, 2.45) is 0 Å². The molecule has 1 heterocycles. The summed E-state index contributed by atoms with van der Waals surface area (Å²) in [5.41, 5.74) is 1.43. The van der Waals surface area contributed by atoms with E-state index in [9.17, 15) is 20.2 Å². The van der Waals surface area contributed by atoms with Gasteiger partial charge in [-0.2, -0.15) is 5.26 Å². The first kappa shape index (κ1) is 17.9. The molecule has 7 nitrogen and oxygen atoms in total. The van der Waals surface area contributed by atoms with E-state index in [0.29, 0.717) is 17.2 Å². The summed E-state index contributed by atoms with van der Waals surface area (Å²) in [6.07, 6.45) is 3.88. The Morgan fingerprint density at radius 3 is 2.88 bits per heavy atom. The first-order valence-corrected chi connectivity index (χ1v) is 9.14. The third-order valence-corrected chi connectivity index (χ3v) is 5.44. The molecule has 0 unspecified atom stereocenters. The predicted molar refractivity (Wildman–Crippen MR) is 97.9 cm³/mol. The van der Waals surface area contributed by atoms with Crippen molar-refractivity contribution in [2.45, 2.75) is 32.6 Å². The first-order valence-electron chi connectivity index (χ1n) is 8.32. The van der Waals surface area contributed by atoms with Gasteiger partial charge >= 0.3 is 5.69 Å². The van der Waals surface area contributed by atoms with Gasteiger partial charge in [0.1, 0.15) is 11.1 Å². The quantitative estimate of drug-likeness (QED) is 0.630. The SMILES string of the molecule is CCOc1ccc(C(=O)Nc2sc3c(c2C#N)CCCC3)cc1[N+](=O)[O-]. The maximum absolute atomic E-state index is 12.6. The number of nitriles is 1. The van der Waals surface area contributed by atoms with E-state index in [4.69, 9.17) is 4.74 Å². The van der Waals surface area contributed by atoms with Crippen molar-refractivity contribution in [3.8, 4) is 11.8 Å². The second kappa shape index (κ2) is 7.54. The van der Waals surface area contributed by atoms with Crippen LogP contribution in [0.25, 0.3) is 0 Å². The highest BCUT2D eigenvalue weighted by Crippen LogP contribution is 2.38. The number of anilines is 1. The number of amides is 1. The minimum absolute atomic E-state index is 0.123. The van der Waals surface area contributed by atoms with Crippen molar-refractivity contribution in [2.75, 3.05) is 11.9 Å². The van der Waals surface area contributed by atoms with Crippen LogP contribution in [0.5, 0.6) is 5.75 Å². The van der Waals surface area contributed by atoms with Gasteiger partial charge in [0.15, 0.2) is 5.75 Å². The van der Waals surface area contributed by atoms with Crippen LogP contribution in [0.15, 0.2) is 18.2 Å². The van der Waals surface area contributed by atoms with Crippen LogP contribution in [-0.2, 0) is 12.8 Å². The van der Waals surface area contributed by atoms with Crippen LogP contribution in [0.1, 0.15) is 46.1 Å². The van der Waals surface area contributed by atoms with E-state index in [1.165, 1.54) is 29.5 Å². The standard InChI is InChI=1S/C18H17N3O4S/c1-2-25-15-8-7-11(9-14(15)21(23)24)17(22)20-18-13(10-19)12-5-3-4-6-16(12)26-18/h7-9H,2-6H2,1H3,(H,20,22). The van der Waals surface area contributed by atoms with Crippen LogP contribution in [0, 0.1) is 21.4 Å². The number of nitro benzene ring substituents is 1. The highest BCUT2D eigenvalue weighted by molar-refractivity contribution is 7.16. The zero-order valence-corrected chi connectivity index (χ0v) is 15.0. The van der Waals surface area contributed by atoms with Crippen LogP contribution >= 0.6 is 11.3 Å².